The predicted molar refractivity (Wildman–Crippen MR) is 116 cm³/mol. The van der Waals surface area contributed by atoms with E-state index in [-0.39, 0.29) is 16.4 Å². The predicted octanol–water partition coefficient (Wildman–Crippen LogP) is 4.65. The van der Waals surface area contributed by atoms with Crippen molar-refractivity contribution in [1.29, 1.82) is 0 Å². The van der Waals surface area contributed by atoms with E-state index in [1.807, 2.05) is 32.0 Å². The molecule has 0 heterocycles. The van der Waals surface area contributed by atoms with Crippen molar-refractivity contribution in [2.45, 2.75) is 32.6 Å². The Morgan fingerprint density at radius 3 is 2.31 bits per heavy atom. The van der Waals surface area contributed by atoms with Crippen LogP contribution in [0.3, 0.4) is 0 Å². The van der Waals surface area contributed by atoms with E-state index in [1.54, 1.807) is 31.0 Å². The van der Waals surface area contributed by atoms with Gasteiger partial charge in [0.2, 0.25) is 5.88 Å². The summed E-state index contributed by atoms with van der Waals surface area (Å²) >= 11 is 6.37. The topological polar surface area (TPSA) is 76.0 Å². The van der Waals surface area contributed by atoms with Gasteiger partial charge in [-0.3, -0.25) is 4.79 Å². The molecule has 0 N–H and O–H groups in total. The second kappa shape index (κ2) is 9.24. The second-order valence-electron chi connectivity index (χ2n) is 6.58. The lowest BCUT2D eigenvalue weighted by molar-refractivity contribution is -0.105. The first-order valence-corrected chi connectivity index (χ1v) is 10.6. The maximum atomic E-state index is 12.6. The minimum Gasteiger partial charge on any atom is -0.358 e. The number of carbonyl (C=O) groups excluding carboxylic acids is 1. The Kier molecular flexibility index (Phi) is 7.21. The molecule has 0 aliphatic rings. The first-order valence-electron chi connectivity index (χ1n) is 8.78. The van der Waals surface area contributed by atoms with Gasteiger partial charge >= 0.3 is 10.1 Å². The maximum absolute atomic E-state index is 12.6. The summed E-state index contributed by atoms with van der Waals surface area (Å²) in [7, 11) is -2.41. The molecule has 0 aromatic heterocycles. The highest BCUT2D eigenvalue weighted by molar-refractivity contribution is 7.86. The van der Waals surface area contributed by atoms with Crippen LogP contribution in [0.2, 0.25) is 5.02 Å². The van der Waals surface area contributed by atoms with Gasteiger partial charge in [0.25, 0.3) is 0 Å². The number of aryl methyl sites for hydroxylation is 2. The Labute approximate surface area is 176 Å². The molecule has 0 aliphatic heterocycles. The number of anilines is 1. The Morgan fingerprint density at radius 1 is 1.10 bits per heavy atom. The van der Waals surface area contributed by atoms with Gasteiger partial charge in [0.05, 0.1) is 16.3 Å². The number of aldehydes is 1. The summed E-state index contributed by atoms with van der Waals surface area (Å²) < 4.78 is 30.4. The molecule has 0 spiro atoms. The molecule has 154 valence electrons. The van der Waals surface area contributed by atoms with E-state index in [1.165, 1.54) is 19.1 Å². The van der Waals surface area contributed by atoms with Crippen molar-refractivity contribution >= 4 is 39.5 Å². The van der Waals surface area contributed by atoms with Crippen molar-refractivity contribution in [3.8, 4) is 0 Å². The van der Waals surface area contributed by atoms with Crippen LogP contribution in [0.5, 0.6) is 0 Å². The molecule has 6 nitrogen and oxygen atoms in total. The van der Waals surface area contributed by atoms with E-state index in [9.17, 15) is 13.2 Å². The van der Waals surface area contributed by atoms with Crippen molar-refractivity contribution in [3.05, 3.63) is 70.1 Å². The van der Waals surface area contributed by atoms with Gasteiger partial charge in [0.1, 0.15) is 10.7 Å². The van der Waals surface area contributed by atoms with Gasteiger partial charge in [-0.05, 0) is 51.5 Å². The molecule has 0 radical (unpaired) electrons. The largest absolute Gasteiger partial charge is 0.358 e. The minimum atomic E-state index is -4.15. The fourth-order valence-corrected chi connectivity index (χ4v) is 3.56. The highest BCUT2D eigenvalue weighted by atomic mass is 35.5. The number of amidine groups is 1. The Morgan fingerprint density at radius 2 is 1.72 bits per heavy atom. The molecule has 0 unspecified atom stereocenters. The van der Waals surface area contributed by atoms with E-state index < -0.39 is 10.1 Å². The van der Waals surface area contributed by atoms with Crippen LogP contribution in [0.1, 0.15) is 25.0 Å². The quantitative estimate of drug-likeness (QED) is 0.165. The SMILES string of the molecule is C/C(=N/C(OS(=O)(=O)c1ccc(C)cc1)=C(/C)C=O)N(C)c1cccc(C)c1Cl. The van der Waals surface area contributed by atoms with Gasteiger partial charge in [-0.2, -0.15) is 13.4 Å². The van der Waals surface area contributed by atoms with Crippen molar-refractivity contribution in [3.63, 3.8) is 0 Å². The normalized spacial score (nSPS) is 13.0. The average Bonchev–Trinajstić information content (AvgIpc) is 2.68. The van der Waals surface area contributed by atoms with E-state index in [2.05, 4.69) is 4.99 Å². The van der Waals surface area contributed by atoms with Crippen molar-refractivity contribution < 1.29 is 17.4 Å². The number of aliphatic imine (C=N–C) groups is 1. The van der Waals surface area contributed by atoms with E-state index in [4.69, 9.17) is 15.8 Å². The lowest BCUT2D eigenvalue weighted by Gasteiger charge is -2.21. The van der Waals surface area contributed by atoms with Crippen LogP contribution in [-0.2, 0) is 19.1 Å². The van der Waals surface area contributed by atoms with Gasteiger partial charge in [-0.15, -0.1) is 0 Å². The molecule has 0 saturated carbocycles. The first kappa shape index (κ1) is 22.6. The van der Waals surface area contributed by atoms with E-state index in [0.717, 1.165) is 11.1 Å². The number of allylic oxidation sites excluding steroid dienone is 1. The molecule has 8 heteroatoms. The Balaban J connectivity index is 2.42. The summed E-state index contributed by atoms with van der Waals surface area (Å²) in [5.74, 6) is 0.0986. The number of hydrogen-bond acceptors (Lipinski definition) is 5. The van der Waals surface area contributed by atoms with E-state index in [0.29, 0.717) is 22.8 Å². The molecule has 0 amide bonds. The van der Waals surface area contributed by atoms with Gasteiger partial charge in [0.15, 0.2) is 6.29 Å². The zero-order chi connectivity index (χ0) is 21.8. The molecule has 2 aromatic rings. The summed E-state index contributed by atoms with van der Waals surface area (Å²) in [6, 6.07) is 11.7. The number of carbonyl (C=O) groups is 1. The zero-order valence-electron chi connectivity index (χ0n) is 16.9. The lowest BCUT2D eigenvalue weighted by atomic mass is 10.2. The zero-order valence-corrected chi connectivity index (χ0v) is 18.5. The number of rotatable bonds is 6. The molecule has 0 fully saturated rings. The molecule has 2 aromatic carbocycles. The van der Waals surface area contributed by atoms with Gasteiger partial charge in [0, 0.05) is 7.05 Å². The summed E-state index contributed by atoms with van der Waals surface area (Å²) in [5.41, 5.74) is 2.54. The van der Waals surface area contributed by atoms with Crippen LogP contribution in [0.4, 0.5) is 5.69 Å². The minimum absolute atomic E-state index is 0.0257. The van der Waals surface area contributed by atoms with Crippen LogP contribution in [0.25, 0.3) is 0 Å². The molecular formula is C21H23ClN2O4S. The third kappa shape index (κ3) is 5.46. The molecule has 29 heavy (non-hydrogen) atoms. The Bertz CT molecular complexity index is 1070. The van der Waals surface area contributed by atoms with Gasteiger partial charge in [-0.25, -0.2) is 0 Å². The van der Waals surface area contributed by atoms with Gasteiger partial charge in [-0.1, -0.05) is 41.4 Å². The summed E-state index contributed by atoms with van der Waals surface area (Å²) in [5, 5.41) is 0.551. The average molecular weight is 435 g/mol. The summed E-state index contributed by atoms with van der Waals surface area (Å²) in [6.45, 7) is 6.83. The highest BCUT2D eigenvalue weighted by Crippen LogP contribution is 2.28. The number of hydrogen-bond donors (Lipinski definition) is 0. The smallest absolute Gasteiger partial charge is 0.340 e. The van der Waals surface area contributed by atoms with Crippen molar-refractivity contribution in [2.24, 2.45) is 4.99 Å². The Hall–Kier alpha value is -2.64. The standard InChI is InChI=1S/C21H23ClN2O4S/c1-14-9-11-18(12-10-14)29(26,27)28-21(16(3)13-25)23-17(4)24(5)19-8-6-7-15(2)20(19)22/h6-13H,1-5H3/b21-16+,23-17-. The molecule has 2 rings (SSSR count). The monoisotopic (exact) mass is 434 g/mol. The third-order valence-corrected chi connectivity index (χ3v) is 6.01. The van der Waals surface area contributed by atoms with E-state index >= 15 is 0 Å². The van der Waals surface area contributed by atoms with Crippen LogP contribution >= 0.6 is 11.6 Å². The van der Waals surface area contributed by atoms with Gasteiger partial charge < -0.3 is 9.08 Å². The summed E-state index contributed by atoms with van der Waals surface area (Å²) in [4.78, 5) is 17.2. The highest BCUT2D eigenvalue weighted by Gasteiger charge is 2.20. The van der Waals surface area contributed by atoms with Crippen molar-refractivity contribution in [2.75, 3.05) is 11.9 Å². The van der Waals surface area contributed by atoms with Crippen molar-refractivity contribution in [1.82, 2.24) is 0 Å². The number of benzene rings is 2. The van der Waals surface area contributed by atoms with Crippen LogP contribution in [0.15, 0.2) is 63.8 Å². The van der Waals surface area contributed by atoms with Crippen LogP contribution in [-0.4, -0.2) is 27.6 Å². The molecular weight excluding hydrogens is 412 g/mol. The number of halogens is 1. The van der Waals surface area contributed by atoms with Crippen LogP contribution in [0, 0.1) is 13.8 Å². The van der Waals surface area contributed by atoms with Crippen LogP contribution < -0.4 is 4.90 Å². The first-order chi connectivity index (χ1) is 13.6. The molecule has 0 saturated heterocycles. The molecule has 0 atom stereocenters. The second-order valence-corrected chi connectivity index (χ2v) is 8.51. The summed E-state index contributed by atoms with van der Waals surface area (Å²) in [6.07, 6.45) is 0.496. The fraction of sp³-hybridized carbons (Fsp3) is 0.238. The third-order valence-electron chi connectivity index (χ3n) is 4.29. The molecule has 0 aliphatic carbocycles. The molecule has 0 bridgehead atoms. The lowest BCUT2D eigenvalue weighted by Crippen LogP contribution is -2.24. The number of nitrogens with zero attached hydrogens (tertiary/aromatic N) is 2. The maximum Gasteiger partial charge on any atom is 0.340 e. The fourth-order valence-electron chi connectivity index (χ4n) is 2.37.